The van der Waals surface area contributed by atoms with Crippen molar-refractivity contribution < 1.29 is 70.3 Å². The Hall–Kier alpha value is 0.450. The zero-order chi connectivity index (χ0) is 14.9. The number of hydrogen-bond donors (Lipinski definition) is 0. The van der Waals surface area contributed by atoms with Crippen LogP contribution in [-0.2, 0) is 29.1 Å². The summed E-state index contributed by atoms with van der Waals surface area (Å²) in [5.74, 6) is -2.11. The predicted molar refractivity (Wildman–Crippen MR) is 58.0 cm³/mol. The van der Waals surface area contributed by atoms with Gasteiger partial charge in [0.2, 0.25) is 0 Å². The molecule has 0 fully saturated rings. The van der Waals surface area contributed by atoms with Gasteiger partial charge in [0.05, 0.1) is 26.4 Å². The molecule has 0 spiro atoms. The van der Waals surface area contributed by atoms with E-state index in [0.29, 0.717) is 12.5 Å². The number of ether oxygens (including phenoxy) is 3. The molecule has 0 heterocycles. The number of carbonyl (C=O) groups is 1. The van der Waals surface area contributed by atoms with E-state index in [1.54, 1.807) is 0 Å². The average molecular weight is 349 g/mol. The molecule has 0 saturated carbocycles. The Bertz CT molecular complexity index is 379. The van der Waals surface area contributed by atoms with Gasteiger partial charge < -0.3 is 18.8 Å². The topological polar surface area (TPSA) is 102 Å². The predicted octanol–water partition coefficient (Wildman–Crippen LogP) is -3.06. The molecule has 7 nitrogen and oxygen atoms in total. The van der Waals surface area contributed by atoms with Crippen molar-refractivity contribution in [3.8, 4) is 0 Å². The summed E-state index contributed by atoms with van der Waals surface area (Å²) in [6.07, 6.45) is 0. The summed E-state index contributed by atoms with van der Waals surface area (Å²) >= 11 is 5.31. The minimum Gasteiger partial charge on any atom is -0.743 e. The first-order valence-corrected chi connectivity index (χ1v) is 6.89. The van der Waals surface area contributed by atoms with Crippen molar-refractivity contribution >= 4 is 27.7 Å². The van der Waals surface area contributed by atoms with Gasteiger partial charge in [-0.15, -0.1) is 11.6 Å². The van der Waals surface area contributed by atoms with Gasteiger partial charge in [0.15, 0.2) is 10.1 Å². The van der Waals surface area contributed by atoms with Crippen LogP contribution in [0.25, 0.3) is 0 Å². The molecule has 0 rings (SSSR count). The van der Waals surface area contributed by atoms with Crippen molar-refractivity contribution in [1.29, 1.82) is 0 Å². The summed E-state index contributed by atoms with van der Waals surface area (Å²) in [6, 6.07) is 0. The first-order valence-electron chi connectivity index (χ1n) is 4.95. The monoisotopic (exact) mass is 348 g/mol. The standard InChI is InChI=1S/C8H13ClF2O7S.Na/c9-1-2-16-3-4-17-5-6-18-7(12)8(10,11)19(13,14)15;/h1-6H2,(H,13,14,15);/q;+1/p-1. The van der Waals surface area contributed by atoms with Gasteiger partial charge in [-0.05, 0) is 0 Å². The fourth-order valence-corrected chi connectivity index (χ4v) is 1.13. The molecule has 0 N–H and O–H groups in total. The van der Waals surface area contributed by atoms with E-state index >= 15 is 0 Å². The fourth-order valence-electron chi connectivity index (χ4n) is 0.756. The van der Waals surface area contributed by atoms with E-state index in [-0.39, 0.29) is 49.4 Å². The number of alkyl halides is 3. The fraction of sp³-hybridized carbons (Fsp3) is 0.875. The van der Waals surface area contributed by atoms with Gasteiger partial charge in [0.25, 0.3) is 0 Å². The molecule has 0 saturated heterocycles. The third-order valence-electron chi connectivity index (χ3n) is 1.61. The van der Waals surface area contributed by atoms with Crippen LogP contribution in [0.4, 0.5) is 8.78 Å². The molecule has 0 atom stereocenters. The van der Waals surface area contributed by atoms with Crippen molar-refractivity contribution in [3.63, 3.8) is 0 Å². The molecule has 0 unspecified atom stereocenters. The van der Waals surface area contributed by atoms with Crippen LogP contribution in [0.5, 0.6) is 0 Å². The maximum atomic E-state index is 12.6. The van der Waals surface area contributed by atoms with Gasteiger partial charge in [-0.1, -0.05) is 0 Å². The van der Waals surface area contributed by atoms with E-state index in [4.69, 9.17) is 21.1 Å². The van der Waals surface area contributed by atoms with Crippen LogP contribution in [0.15, 0.2) is 0 Å². The summed E-state index contributed by atoms with van der Waals surface area (Å²) in [6.45, 7) is -0.200. The average Bonchev–Trinajstić information content (AvgIpc) is 2.30. The third kappa shape index (κ3) is 8.67. The van der Waals surface area contributed by atoms with Crippen molar-refractivity contribution in [2.45, 2.75) is 5.25 Å². The SMILES string of the molecule is O=C(OCCOCCOCCCl)C(F)(F)S(=O)(=O)[O-].[Na+]. The smallest absolute Gasteiger partial charge is 0.743 e. The Morgan fingerprint density at radius 2 is 1.55 bits per heavy atom. The molecule has 0 aromatic carbocycles. The zero-order valence-electron chi connectivity index (χ0n) is 10.6. The van der Waals surface area contributed by atoms with Gasteiger partial charge in [0, 0.05) is 5.88 Å². The first kappa shape index (κ1) is 22.7. The van der Waals surface area contributed by atoms with Crippen molar-refractivity contribution in [1.82, 2.24) is 0 Å². The van der Waals surface area contributed by atoms with Gasteiger partial charge in [0.1, 0.15) is 6.61 Å². The summed E-state index contributed by atoms with van der Waals surface area (Å²) in [5, 5.41) is -5.10. The molecular formula is C8H12ClF2NaO7S. The van der Waals surface area contributed by atoms with Crippen LogP contribution in [0.1, 0.15) is 0 Å². The van der Waals surface area contributed by atoms with Crippen LogP contribution >= 0.6 is 11.6 Å². The van der Waals surface area contributed by atoms with E-state index in [0.717, 1.165) is 0 Å². The maximum absolute atomic E-state index is 12.6. The molecule has 0 bridgehead atoms. The summed E-state index contributed by atoms with van der Waals surface area (Å²) < 4.78 is 69.0. The Kier molecular flexibility index (Phi) is 12.6. The van der Waals surface area contributed by atoms with Crippen LogP contribution in [0.3, 0.4) is 0 Å². The zero-order valence-corrected chi connectivity index (χ0v) is 14.2. The number of halogens is 3. The van der Waals surface area contributed by atoms with Crippen molar-refractivity contribution in [3.05, 3.63) is 0 Å². The van der Waals surface area contributed by atoms with Crippen LogP contribution in [-0.4, -0.2) is 63.1 Å². The quantitative estimate of drug-likeness (QED) is 0.136. The largest absolute Gasteiger partial charge is 1.00 e. The van der Waals surface area contributed by atoms with Gasteiger partial charge in [-0.3, -0.25) is 0 Å². The molecule has 0 aliphatic heterocycles. The molecule has 0 aromatic heterocycles. The Labute approximate surface area is 141 Å². The Morgan fingerprint density at radius 3 is 2.00 bits per heavy atom. The second kappa shape index (κ2) is 11.1. The normalized spacial score (nSPS) is 11.8. The number of esters is 1. The molecule has 0 radical (unpaired) electrons. The summed E-state index contributed by atoms with van der Waals surface area (Å²) in [4.78, 5) is 10.6. The van der Waals surface area contributed by atoms with Crippen LogP contribution < -0.4 is 29.6 Å². The molecule has 0 aliphatic carbocycles. The molecule has 114 valence electrons. The molecular weight excluding hydrogens is 337 g/mol. The second-order valence-electron chi connectivity index (χ2n) is 3.02. The number of hydrogen-bond acceptors (Lipinski definition) is 7. The van der Waals surface area contributed by atoms with Crippen LogP contribution in [0.2, 0.25) is 0 Å². The summed E-state index contributed by atoms with van der Waals surface area (Å²) in [5.41, 5.74) is 0. The molecule has 12 heteroatoms. The maximum Gasteiger partial charge on any atom is 1.00 e. The first-order chi connectivity index (χ1) is 8.73. The van der Waals surface area contributed by atoms with Gasteiger partial charge >= 0.3 is 40.8 Å². The third-order valence-corrected chi connectivity index (χ3v) is 2.55. The minimum atomic E-state index is -6.09. The second-order valence-corrected chi connectivity index (χ2v) is 4.82. The molecule has 0 amide bonds. The Balaban J connectivity index is 0. The molecule has 0 aromatic rings. The minimum absolute atomic E-state index is 0. The van der Waals surface area contributed by atoms with E-state index < -0.39 is 27.9 Å². The Morgan fingerprint density at radius 1 is 1.10 bits per heavy atom. The van der Waals surface area contributed by atoms with Gasteiger partial charge in [-0.25, -0.2) is 13.2 Å². The number of carbonyl (C=O) groups excluding carboxylic acids is 1. The van der Waals surface area contributed by atoms with Gasteiger partial charge in [-0.2, -0.15) is 8.78 Å². The molecule has 0 aliphatic rings. The van der Waals surface area contributed by atoms with Crippen molar-refractivity contribution in [2.75, 3.05) is 38.9 Å². The number of rotatable bonds is 10. The van der Waals surface area contributed by atoms with Crippen molar-refractivity contribution in [2.24, 2.45) is 0 Å². The van der Waals surface area contributed by atoms with E-state index in [9.17, 15) is 26.5 Å². The van der Waals surface area contributed by atoms with E-state index in [2.05, 4.69) is 4.74 Å². The van der Waals surface area contributed by atoms with E-state index in [1.165, 1.54) is 0 Å². The van der Waals surface area contributed by atoms with Crippen LogP contribution in [0, 0.1) is 0 Å². The molecule has 20 heavy (non-hydrogen) atoms. The summed E-state index contributed by atoms with van der Waals surface area (Å²) in [7, 11) is -6.09. The van der Waals surface area contributed by atoms with E-state index in [1.807, 2.05) is 0 Å².